The number of alkyl halides is 2. The smallest absolute Gasteiger partial charge is 0.387 e. The molecule has 134 valence electrons. The van der Waals surface area contributed by atoms with E-state index in [0.29, 0.717) is 22.1 Å². The lowest BCUT2D eigenvalue weighted by Gasteiger charge is -2.15. The molecule has 0 radical (unpaired) electrons. The van der Waals surface area contributed by atoms with E-state index in [1.165, 1.54) is 13.2 Å². The van der Waals surface area contributed by atoms with Gasteiger partial charge >= 0.3 is 6.61 Å². The highest BCUT2D eigenvalue weighted by Gasteiger charge is 2.19. The lowest BCUT2D eigenvalue weighted by Crippen LogP contribution is -2.04. The molecule has 0 spiro atoms. The first-order valence-corrected chi connectivity index (χ1v) is 8.01. The lowest BCUT2D eigenvalue weighted by molar-refractivity contribution is -0.0494. The van der Waals surface area contributed by atoms with Crippen molar-refractivity contribution in [2.75, 3.05) is 7.11 Å². The summed E-state index contributed by atoms with van der Waals surface area (Å²) in [6.45, 7) is -1.19. The van der Waals surface area contributed by atoms with Crippen LogP contribution in [0.15, 0.2) is 54.6 Å². The Labute approximate surface area is 149 Å². The van der Waals surface area contributed by atoms with Crippen LogP contribution in [0, 0.1) is 5.82 Å². The van der Waals surface area contributed by atoms with Crippen molar-refractivity contribution in [1.29, 1.82) is 0 Å². The molecule has 0 saturated heterocycles. The maximum Gasteiger partial charge on any atom is 0.387 e. The molecule has 0 aromatic heterocycles. The molecular weight excluding hydrogens is 341 g/mol. The van der Waals surface area contributed by atoms with Gasteiger partial charge in [-0.15, -0.1) is 0 Å². The Morgan fingerprint density at radius 3 is 2.35 bits per heavy atom. The topological polar surface area (TPSA) is 18.5 Å². The van der Waals surface area contributed by atoms with E-state index in [-0.39, 0.29) is 11.3 Å². The summed E-state index contributed by atoms with van der Waals surface area (Å²) in [6, 6.07) is 13.1. The Balaban J connectivity index is 2.24. The Morgan fingerprint density at radius 1 is 1.00 bits per heavy atom. The van der Waals surface area contributed by atoms with Crippen molar-refractivity contribution < 1.29 is 22.6 Å². The van der Waals surface area contributed by atoms with Crippen LogP contribution in [0.25, 0.3) is 28.0 Å². The molecule has 0 aliphatic heterocycles. The molecule has 0 unspecified atom stereocenters. The highest BCUT2D eigenvalue weighted by atomic mass is 19.3. The molecular formula is C21H17F3O2. The normalized spacial score (nSPS) is 11.5. The van der Waals surface area contributed by atoms with Gasteiger partial charge in [0, 0.05) is 5.39 Å². The Bertz CT molecular complexity index is 948. The van der Waals surface area contributed by atoms with Gasteiger partial charge in [0.05, 0.1) is 12.7 Å². The molecule has 0 bridgehead atoms. The van der Waals surface area contributed by atoms with Crippen LogP contribution in [-0.4, -0.2) is 13.7 Å². The molecule has 0 N–H and O–H groups in total. The van der Waals surface area contributed by atoms with Crippen LogP contribution in [0.4, 0.5) is 13.2 Å². The van der Waals surface area contributed by atoms with Crippen LogP contribution in [-0.2, 0) is 0 Å². The molecule has 0 aliphatic carbocycles. The van der Waals surface area contributed by atoms with Crippen molar-refractivity contribution in [3.63, 3.8) is 0 Å². The Kier molecular flexibility index (Phi) is 5.16. The molecule has 3 rings (SSSR count). The average molecular weight is 358 g/mol. The summed E-state index contributed by atoms with van der Waals surface area (Å²) in [5, 5.41) is 0.830. The molecule has 0 fully saturated rings. The summed E-state index contributed by atoms with van der Waals surface area (Å²) >= 11 is 0. The van der Waals surface area contributed by atoms with Crippen LogP contribution in [0.2, 0.25) is 0 Å². The number of benzene rings is 3. The van der Waals surface area contributed by atoms with Gasteiger partial charge in [-0.1, -0.05) is 36.4 Å². The number of rotatable bonds is 5. The standard InChI is InChI=1S/C21H17F3O2/c1-3-4-13-5-10-17-15(11-13)12-18(26-21(23)24)19(20(17)22)14-6-8-16(25-2)9-7-14/h3-12,21H,1-2H3/b4-3+. The third-order valence-corrected chi connectivity index (χ3v) is 4.02. The lowest BCUT2D eigenvalue weighted by atomic mass is 9.97. The van der Waals surface area contributed by atoms with Gasteiger partial charge in [0.1, 0.15) is 17.3 Å². The number of fused-ring (bicyclic) bond motifs is 1. The predicted molar refractivity (Wildman–Crippen MR) is 97.2 cm³/mol. The van der Waals surface area contributed by atoms with Crippen molar-refractivity contribution >= 4 is 16.8 Å². The van der Waals surface area contributed by atoms with E-state index in [9.17, 15) is 8.78 Å². The van der Waals surface area contributed by atoms with Crippen LogP contribution in [0.3, 0.4) is 0 Å². The first-order chi connectivity index (χ1) is 12.5. The molecule has 0 saturated carbocycles. The molecule has 0 heterocycles. The third-order valence-electron chi connectivity index (χ3n) is 4.02. The molecule has 3 aromatic carbocycles. The van der Waals surface area contributed by atoms with E-state index in [4.69, 9.17) is 4.74 Å². The highest BCUT2D eigenvalue weighted by molar-refractivity contribution is 5.93. The first kappa shape index (κ1) is 17.9. The second kappa shape index (κ2) is 7.52. The van der Waals surface area contributed by atoms with Crippen molar-refractivity contribution in [3.8, 4) is 22.6 Å². The van der Waals surface area contributed by atoms with E-state index < -0.39 is 12.4 Å². The quantitative estimate of drug-likeness (QED) is 0.534. The molecule has 2 nitrogen and oxygen atoms in total. The van der Waals surface area contributed by atoms with Crippen LogP contribution in [0.1, 0.15) is 12.5 Å². The molecule has 0 aliphatic rings. The van der Waals surface area contributed by atoms with E-state index in [1.54, 1.807) is 42.5 Å². The number of ether oxygens (including phenoxy) is 2. The van der Waals surface area contributed by atoms with Gasteiger partial charge in [-0.2, -0.15) is 8.78 Å². The summed E-state index contributed by atoms with van der Waals surface area (Å²) in [6.07, 6.45) is 3.70. The fourth-order valence-electron chi connectivity index (χ4n) is 2.87. The minimum absolute atomic E-state index is 0.000707. The van der Waals surface area contributed by atoms with Gasteiger partial charge in [0.25, 0.3) is 0 Å². The van der Waals surface area contributed by atoms with E-state index >= 15 is 4.39 Å². The second-order valence-electron chi connectivity index (χ2n) is 5.65. The van der Waals surface area contributed by atoms with Crippen LogP contribution < -0.4 is 9.47 Å². The van der Waals surface area contributed by atoms with Crippen molar-refractivity contribution in [3.05, 3.63) is 66.0 Å². The average Bonchev–Trinajstić information content (AvgIpc) is 2.62. The molecule has 3 aromatic rings. The fourth-order valence-corrected chi connectivity index (χ4v) is 2.87. The maximum atomic E-state index is 15.2. The van der Waals surface area contributed by atoms with Crippen molar-refractivity contribution in [2.45, 2.75) is 13.5 Å². The Morgan fingerprint density at radius 2 is 1.73 bits per heavy atom. The summed E-state index contributed by atoms with van der Waals surface area (Å²) in [7, 11) is 1.51. The molecule has 26 heavy (non-hydrogen) atoms. The van der Waals surface area contributed by atoms with Gasteiger partial charge < -0.3 is 9.47 Å². The van der Waals surface area contributed by atoms with Crippen LogP contribution in [0.5, 0.6) is 11.5 Å². The minimum Gasteiger partial charge on any atom is -0.497 e. The third kappa shape index (κ3) is 3.52. The van der Waals surface area contributed by atoms with Gasteiger partial charge in [-0.3, -0.25) is 0 Å². The summed E-state index contributed by atoms with van der Waals surface area (Å²) in [5.41, 5.74) is 1.28. The summed E-state index contributed by atoms with van der Waals surface area (Å²) < 4.78 is 50.7. The highest BCUT2D eigenvalue weighted by Crippen LogP contribution is 2.39. The number of hydrogen-bond donors (Lipinski definition) is 0. The van der Waals surface area contributed by atoms with E-state index in [0.717, 1.165) is 5.56 Å². The fraction of sp³-hybridized carbons (Fsp3) is 0.143. The minimum atomic E-state index is -3.05. The van der Waals surface area contributed by atoms with Gasteiger partial charge in [0.15, 0.2) is 0 Å². The maximum absolute atomic E-state index is 15.2. The number of allylic oxidation sites excluding steroid dienone is 1. The largest absolute Gasteiger partial charge is 0.497 e. The van der Waals surface area contributed by atoms with Crippen molar-refractivity contribution in [1.82, 2.24) is 0 Å². The van der Waals surface area contributed by atoms with Crippen molar-refractivity contribution in [2.24, 2.45) is 0 Å². The molecule has 0 atom stereocenters. The van der Waals surface area contributed by atoms with Gasteiger partial charge in [0.2, 0.25) is 0 Å². The monoisotopic (exact) mass is 358 g/mol. The Hall–Kier alpha value is -2.95. The SMILES string of the molecule is C/C=C/c1ccc2c(F)c(-c3ccc(OC)cc3)c(OC(F)F)cc2c1. The summed E-state index contributed by atoms with van der Waals surface area (Å²) in [4.78, 5) is 0. The van der Waals surface area contributed by atoms with Crippen LogP contribution >= 0.6 is 0 Å². The molecule has 5 heteroatoms. The second-order valence-corrected chi connectivity index (χ2v) is 5.65. The zero-order chi connectivity index (χ0) is 18.7. The number of hydrogen-bond acceptors (Lipinski definition) is 2. The zero-order valence-electron chi connectivity index (χ0n) is 14.3. The first-order valence-electron chi connectivity index (χ1n) is 8.01. The molecule has 0 amide bonds. The van der Waals surface area contributed by atoms with Gasteiger partial charge in [-0.25, -0.2) is 4.39 Å². The van der Waals surface area contributed by atoms with E-state index in [2.05, 4.69) is 4.74 Å². The van der Waals surface area contributed by atoms with E-state index in [1.807, 2.05) is 19.1 Å². The summed E-state index contributed by atoms with van der Waals surface area (Å²) in [5.74, 6) is -0.217. The zero-order valence-corrected chi connectivity index (χ0v) is 14.3. The van der Waals surface area contributed by atoms with Gasteiger partial charge in [-0.05, 0) is 47.7 Å². The number of halogens is 3. The predicted octanol–water partition coefficient (Wildman–Crippen LogP) is 6.29. The number of methoxy groups -OCH3 is 1.